The molecule has 1 N–H and O–H groups in total. The Morgan fingerprint density at radius 1 is 1.00 bits per heavy atom. The fourth-order valence-electron chi connectivity index (χ4n) is 3.41. The molecule has 6 nitrogen and oxygen atoms in total. The Morgan fingerprint density at radius 3 is 2.60 bits per heavy atom. The van der Waals surface area contributed by atoms with Gasteiger partial charge in [0.25, 0.3) is 0 Å². The topological polar surface area (TPSA) is 68.5 Å². The lowest BCUT2D eigenvalue weighted by Crippen LogP contribution is -2.07. The van der Waals surface area contributed by atoms with Gasteiger partial charge in [0.05, 0.1) is 28.0 Å². The SMILES string of the molecule is Cc1nc(-c2ccc(CCNc3ncnc4c3cnn4-c3ccccc3)cc2)cs1. The van der Waals surface area contributed by atoms with Gasteiger partial charge in [-0.15, -0.1) is 11.3 Å². The molecule has 0 spiro atoms. The maximum atomic E-state index is 4.55. The summed E-state index contributed by atoms with van der Waals surface area (Å²) in [5.74, 6) is 0.803. The molecule has 0 fully saturated rings. The van der Waals surface area contributed by atoms with E-state index in [4.69, 9.17) is 0 Å². The molecule has 0 aliphatic rings. The molecule has 5 aromatic rings. The van der Waals surface area contributed by atoms with Crippen LogP contribution in [0, 0.1) is 6.92 Å². The van der Waals surface area contributed by atoms with E-state index in [9.17, 15) is 0 Å². The fraction of sp³-hybridized carbons (Fsp3) is 0.130. The quantitative estimate of drug-likeness (QED) is 0.429. The van der Waals surface area contributed by atoms with Crippen molar-refractivity contribution in [3.05, 3.63) is 83.1 Å². The number of rotatable bonds is 6. The number of para-hydroxylation sites is 1. The molecule has 3 heterocycles. The molecule has 0 bridgehead atoms. The van der Waals surface area contributed by atoms with Crippen molar-refractivity contribution in [1.82, 2.24) is 24.7 Å². The molecule has 0 unspecified atom stereocenters. The third-order valence-corrected chi connectivity index (χ3v) is 5.71. The lowest BCUT2D eigenvalue weighted by Gasteiger charge is -2.07. The van der Waals surface area contributed by atoms with Crippen molar-refractivity contribution in [2.24, 2.45) is 0 Å². The Kier molecular flexibility index (Phi) is 4.94. The molecule has 0 saturated carbocycles. The van der Waals surface area contributed by atoms with E-state index in [0.717, 1.165) is 51.8 Å². The van der Waals surface area contributed by atoms with Crippen LogP contribution in [0.4, 0.5) is 5.82 Å². The normalized spacial score (nSPS) is 11.1. The van der Waals surface area contributed by atoms with Crippen molar-refractivity contribution in [2.45, 2.75) is 13.3 Å². The molecule has 7 heteroatoms. The molecule has 0 radical (unpaired) electrons. The predicted octanol–water partition coefficient (Wildman–Crippen LogP) is 4.90. The average molecular weight is 413 g/mol. The Labute approximate surface area is 178 Å². The van der Waals surface area contributed by atoms with E-state index in [1.54, 1.807) is 17.7 Å². The molecule has 0 saturated heterocycles. The number of nitrogens with one attached hydrogen (secondary N) is 1. The third kappa shape index (κ3) is 3.67. The zero-order chi connectivity index (χ0) is 20.3. The Hall–Kier alpha value is -3.58. The van der Waals surface area contributed by atoms with Crippen molar-refractivity contribution in [3.8, 4) is 16.9 Å². The van der Waals surface area contributed by atoms with Crippen LogP contribution in [0.15, 0.2) is 72.5 Å². The number of hydrogen-bond acceptors (Lipinski definition) is 6. The summed E-state index contributed by atoms with van der Waals surface area (Å²) in [4.78, 5) is 13.4. The summed E-state index contributed by atoms with van der Waals surface area (Å²) >= 11 is 1.68. The average Bonchev–Trinajstić information content (AvgIpc) is 3.42. The molecular formula is C23H20N6S. The first kappa shape index (κ1) is 18.4. The van der Waals surface area contributed by atoms with Crippen molar-refractivity contribution in [1.29, 1.82) is 0 Å². The van der Waals surface area contributed by atoms with E-state index in [2.05, 4.69) is 55.0 Å². The number of anilines is 1. The summed E-state index contributed by atoms with van der Waals surface area (Å²) in [6.45, 7) is 2.81. The number of hydrogen-bond donors (Lipinski definition) is 1. The van der Waals surface area contributed by atoms with E-state index >= 15 is 0 Å². The van der Waals surface area contributed by atoms with E-state index < -0.39 is 0 Å². The highest BCUT2D eigenvalue weighted by atomic mass is 32.1. The van der Waals surface area contributed by atoms with Crippen LogP contribution in [-0.2, 0) is 6.42 Å². The van der Waals surface area contributed by atoms with E-state index in [1.807, 2.05) is 48.1 Å². The number of thiazole rings is 1. The lowest BCUT2D eigenvalue weighted by molar-refractivity contribution is 0.895. The van der Waals surface area contributed by atoms with Gasteiger partial charge in [-0.3, -0.25) is 0 Å². The minimum absolute atomic E-state index is 0.776. The van der Waals surface area contributed by atoms with Crippen molar-refractivity contribution in [3.63, 3.8) is 0 Å². The zero-order valence-electron chi connectivity index (χ0n) is 16.5. The first-order valence-electron chi connectivity index (χ1n) is 9.77. The van der Waals surface area contributed by atoms with Gasteiger partial charge in [-0.1, -0.05) is 42.5 Å². The van der Waals surface area contributed by atoms with Crippen molar-refractivity contribution >= 4 is 28.2 Å². The van der Waals surface area contributed by atoms with Crippen LogP contribution in [0.1, 0.15) is 10.6 Å². The molecule has 0 atom stereocenters. The summed E-state index contributed by atoms with van der Waals surface area (Å²) < 4.78 is 1.83. The van der Waals surface area contributed by atoms with Gasteiger partial charge in [-0.25, -0.2) is 19.6 Å². The van der Waals surface area contributed by atoms with Gasteiger partial charge in [0, 0.05) is 17.5 Å². The van der Waals surface area contributed by atoms with Gasteiger partial charge >= 0.3 is 0 Å². The number of aromatic nitrogens is 5. The van der Waals surface area contributed by atoms with E-state index in [-0.39, 0.29) is 0 Å². The second kappa shape index (κ2) is 8.04. The molecule has 0 amide bonds. The van der Waals surface area contributed by atoms with Gasteiger partial charge in [0.2, 0.25) is 0 Å². The second-order valence-corrected chi connectivity index (χ2v) is 8.04. The Bertz CT molecular complexity index is 1270. The standard InChI is InChI=1S/C23H20N6S/c1-16-28-21(14-30-16)18-9-7-17(8-10-18)11-12-24-22-20-13-27-29(23(20)26-15-25-22)19-5-3-2-4-6-19/h2-10,13-15H,11-12H2,1H3,(H,24,25,26). The Morgan fingerprint density at radius 2 is 1.83 bits per heavy atom. The van der Waals surface area contributed by atoms with Gasteiger partial charge in [-0.05, 0) is 31.0 Å². The van der Waals surface area contributed by atoms with Crippen molar-refractivity contribution < 1.29 is 0 Å². The summed E-state index contributed by atoms with van der Waals surface area (Å²) in [6.07, 6.45) is 4.29. The largest absolute Gasteiger partial charge is 0.369 e. The smallest absolute Gasteiger partial charge is 0.168 e. The van der Waals surface area contributed by atoms with E-state index in [1.165, 1.54) is 5.56 Å². The number of nitrogens with zero attached hydrogens (tertiary/aromatic N) is 5. The predicted molar refractivity (Wildman–Crippen MR) is 121 cm³/mol. The van der Waals surface area contributed by atoms with Crippen LogP contribution in [0.2, 0.25) is 0 Å². The summed E-state index contributed by atoms with van der Waals surface area (Å²) in [6, 6.07) is 18.6. The zero-order valence-corrected chi connectivity index (χ0v) is 17.3. The van der Waals surface area contributed by atoms with Crippen LogP contribution in [0.3, 0.4) is 0 Å². The highest BCUT2D eigenvalue weighted by Gasteiger charge is 2.10. The second-order valence-electron chi connectivity index (χ2n) is 6.98. The number of benzene rings is 2. The maximum absolute atomic E-state index is 4.55. The molecule has 5 rings (SSSR count). The monoisotopic (exact) mass is 412 g/mol. The lowest BCUT2D eigenvalue weighted by atomic mass is 10.1. The van der Waals surface area contributed by atoms with Gasteiger partial charge in [0.1, 0.15) is 12.1 Å². The number of aryl methyl sites for hydroxylation is 1. The summed E-state index contributed by atoms with van der Waals surface area (Å²) in [5.41, 5.74) is 5.24. The van der Waals surface area contributed by atoms with Crippen LogP contribution >= 0.6 is 11.3 Å². The number of fused-ring (bicyclic) bond motifs is 1. The molecule has 2 aromatic carbocycles. The first-order chi connectivity index (χ1) is 14.8. The summed E-state index contributed by atoms with van der Waals surface area (Å²) in [7, 11) is 0. The van der Waals surface area contributed by atoms with Crippen LogP contribution < -0.4 is 5.32 Å². The molecule has 30 heavy (non-hydrogen) atoms. The minimum Gasteiger partial charge on any atom is -0.369 e. The van der Waals surface area contributed by atoms with Crippen LogP contribution in [-0.4, -0.2) is 31.3 Å². The Balaban J connectivity index is 1.28. The molecule has 0 aliphatic heterocycles. The van der Waals surface area contributed by atoms with Gasteiger partial charge in [-0.2, -0.15) is 5.10 Å². The van der Waals surface area contributed by atoms with Gasteiger partial charge in [0.15, 0.2) is 5.65 Å². The minimum atomic E-state index is 0.776. The fourth-order valence-corrected chi connectivity index (χ4v) is 4.03. The summed E-state index contributed by atoms with van der Waals surface area (Å²) in [5, 5.41) is 12.0. The maximum Gasteiger partial charge on any atom is 0.168 e. The molecule has 148 valence electrons. The highest BCUT2D eigenvalue weighted by molar-refractivity contribution is 7.09. The first-order valence-corrected chi connectivity index (χ1v) is 10.7. The highest BCUT2D eigenvalue weighted by Crippen LogP contribution is 2.23. The molecular weight excluding hydrogens is 392 g/mol. The van der Waals surface area contributed by atoms with Crippen molar-refractivity contribution in [2.75, 3.05) is 11.9 Å². The van der Waals surface area contributed by atoms with Gasteiger partial charge < -0.3 is 5.32 Å². The van der Waals surface area contributed by atoms with Crippen LogP contribution in [0.5, 0.6) is 0 Å². The van der Waals surface area contributed by atoms with E-state index in [0.29, 0.717) is 0 Å². The molecule has 3 aromatic heterocycles. The molecule has 0 aliphatic carbocycles. The van der Waals surface area contributed by atoms with Crippen LogP contribution in [0.25, 0.3) is 28.0 Å². The third-order valence-electron chi connectivity index (χ3n) is 4.94.